The second-order valence-electron chi connectivity index (χ2n) is 3.61. The van der Waals surface area contributed by atoms with Crippen LogP contribution in [-0.4, -0.2) is 23.9 Å². The van der Waals surface area contributed by atoms with Crippen LogP contribution in [0.5, 0.6) is 0 Å². The molecule has 2 nitrogen and oxygen atoms in total. The molecule has 1 saturated heterocycles. The Kier molecular flexibility index (Phi) is 2.10. The Balaban J connectivity index is 2.25. The van der Waals surface area contributed by atoms with Gasteiger partial charge in [-0.2, -0.15) is 0 Å². The van der Waals surface area contributed by atoms with Gasteiger partial charge >= 0.3 is 0 Å². The van der Waals surface area contributed by atoms with Crippen LogP contribution in [0, 0.1) is 5.92 Å². The van der Waals surface area contributed by atoms with Gasteiger partial charge in [0.1, 0.15) is 0 Å². The lowest BCUT2D eigenvalue weighted by Crippen LogP contribution is -2.47. The molecular weight excluding hydrogens is 164 g/mol. The molecule has 2 heteroatoms. The third-order valence-electron chi connectivity index (χ3n) is 2.86. The van der Waals surface area contributed by atoms with Gasteiger partial charge in [0.15, 0.2) is 0 Å². The lowest BCUT2D eigenvalue weighted by Gasteiger charge is -2.45. The lowest BCUT2D eigenvalue weighted by molar-refractivity contribution is -0.121. The average Bonchev–Trinajstić information content (AvgIpc) is 2.08. The molecule has 0 aromatic carbocycles. The summed E-state index contributed by atoms with van der Waals surface area (Å²) in [6, 6.07) is 0. The SMILES string of the molecule is C=C/C=C1\C(=C)[C@@H](O)C[C@@H]2OC[C@@H]12. The molecule has 2 aliphatic rings. The molecule has 2 rings (SSSR count). The van der Waals surface area contributed by atoms with Crippen LogP contribution in [0.4, 0.5) is 0 Å². The van der Waals surface area contributed by atoms with Gasteiger partial charge in [0.2, 0.25) is 0 Å². The Morgan fingerprint density at radius 2 is 2.31 bits per heavy atom. The first-order valence-electron chi connectivity index (χ1n) is 4.55. The van der Waals surface area contributed by atoms with E-state index in [1.54, 1.807) is 6.08 Å². The van der Waals surface area contributed by atoms with Crippen LogP contribution in [0.1, 0.15) is 6.42 Å². The number of rotatable bonds is 1. The molecule has 1 saturated carbocycles. The van der Waals surface area contributed by atoms with Crippen LogP contribution >= 0.6 is 0 Å². The number of hydrogen-bond acceptors (Lipinski definition) is 2. The zero-order chi connectivity index (χ0) is 9.42. The summed E-state index contributed by atoms with van der Waals surface area (Å²) in [5.41, 5.74) is 1.95. The van der Waals surface area contributed by atoms with Crippen molar-refractivity contribution < 1.29 is 9.84 Å². The predicted molar refractivity (Wildman–Crippen MR) is 51.3 cm³/mol. The summed E-state index contributed by atoms with van der Waals surface area (Å²) < 4.78 is 5.35. The maximum absolute atomic E-state index is 9.64. The van der Waals surface area contributed by atoms with Crippen LogP contribution in [-0.2, 0) is 4.74 Å². The highest BCUT2D eigenvalue weighted by molar-refractivity contribution is 5.40. The van der Waals surface area contributed by atoms with Gasteiger partial charge in [-0.15, -0.1) is 0 Å². The summed E-state index contributed by atoms with van der Waals surface area (Å²) in [4.78, 5) is 0. The number of aliphatic hydroxyl groups excluding tert-OH is 1. The molecule has 3 atom stereocenters. The fourth-order valence-electron chi connectivity index (χ4n) is 2.00. The zero-order valence-electron chi connectivity index (χ0n) is 7.57. The van der Waals surface area contributed by atoms with Crippen molar-refractivity contribution >= 4 is 0 Å². The van der Waals surface area contributed by atoms with Crippen LogP contribution < -0.4 is 0 Å². The van der Waals surface area contributed by atoms with E-state index in [0.717, 1.165) is 17.8 Å². The topological polar surface area (TPSA) is 29.5 Å². The monoisotopic (exact) mass is 178 g/mol. The summed E-state index contributed by atoms with van der Waals surface area (Å²) in [6.45, 7) is 8.31. The molecule has 0 bridgehead atoms. The Labute approximate surface area is 78.2 Å². The van der Waals surface area contributed by atoms with E-state index in [-0.39, 0.29) is 6.10 Å². The molecule has 0 radical (unpaired) electrons. The zero-order valence-corrected chi connectivity index (χ0v) is 7.57. The van der Waals surface area contributed by atoms with Crippen molar-refractivity contribution in [2.75, 3.05) is 6.61 Å². The van der Waals surface area contributed by atoms with Crippen molar-refractivity contribution in [3.05, 3.63) is 36.5 Å². The van der Waals surface area contributed by atoms with E-state index in [0.29, 0.717) is 12.3 Å². The van der Waals surface area contributed by atoms with Crippen molar-refractivity contribution in [1.29, 1.82) is 0 Å². The lowest BCUT2D eigenvalue weighted by atomic mass is 9.75. The molecule has 1 aliphatic heterocycles. The number of ether oxygens (including phenoxy) is 1. The summed E-state index contributed by atoms with van der Waals surface area (Å²) in [6.07, 6.45) is 4.14. The Morgan fingerprint density at radius 3 is 2.85 bits per heavy atom. The van der Waals surface area contributed by atoms with Crippen LogP contribution in [0.3, 0.4) is 0 Å². The quantitative estimate of drug-likeness (QED) is 0.658. The van der Waals surface area contributed by atoms with Gasteiger partial charge in [-0.25, -0.2) is 0 Å². The summed E-state index contributed by atoms with van der Waals surface area (Å²) in [7, 11) is 0. The Hall–Kier alpha value is -0.860. The van der Waals surface area contributed by atoms with Crippen LogP contribution in [0.25, 0.3) is 0 Å². The van der Waals surface area contributed by atoms with Gasteiger partial charge in [0, 0.05) is 12.3 Å². The number of allylic oxidation sites excluding steroid dienone is 2. The first-order chi connectivity index (χ1) is 6.24. The molecule has 1 aliphatic carbocycles. The molecule has 70 valence electrons. The number of fused-ring (bicyclic) bond motifs is 1. The third kappa shape index (κ3) is 1.26. The van der Waals surface area contributed by atoms with Gasteiger partial charge in [0.05, 0.1) is 18.8 Å². The number of aliphatic hydroxyl groups is 1. The maximum atomic E-state index is 9.64. The molecule has 2 fully saturated rings. The molecule has 0 aromatic heterocycles. The van der Waals surface area contributed by atoms with Gasteiger partial charge in [0.25, 0.3) is 0 Å². The molecule has 0 aromatic rings. The van der Waals surface area contributed by atoms with Crippen molar-refractivity contribution in [2.45, 2.75) is 18.6 Å². The van der Waals surface area contributed by atoms with E-state index in [1.165, 1.54) is 0 Å². The molecule has 13 heavy (non-hydrogen) atoms. The van der Waals surface area contributed by atoms with E-state index in [4.69, 9.17) is 4.74 Å². The highest BCUT2D eigenvalue weighted by atomic mass is 16.5. The highest BCUT2D eigenvalue weighted by Crippen LogP contribution is 2.40. The van der Waals surface area contributed by atoms with E-state index in [9.17, 15) is 5.11 Å². The minimum Gasteiger partial charge on any atom is -0.388 e. The minimum atomic E-state index is -0.437. The van der Waals surface area contributed by atoms with Gasteiger partial charge < -0.3 is 9.84 Å². The molecule has 1 heterocycles. The van der Waals surface area contributed by atoms with E-state index < -0.39 is 6.10 Å². The van der Waals surface area contributed by atoms with Gasteiger partial charge in [-0.1, -0.05) is 25.3 Å². The fourth-order valence-corrected chi connectivity index (χ4v) is 2.00. The van der Waals surface area contributed by atoms with Gasteiger partial charge in [-0.3, -0.25) is 0 Å². The van der Waals surface area contributed by atoms with Crippen LogP contribution in [0.15, 0.2) is 36.5 Å². The summed E-state index contributed by atoms with van der Waals surface area (Å²) >= 11 is 0. The van der Waals surface area contributed by atoms with Gasteiger partial charge in [-0.05, 0) is 11.1 Å². The minimum absolute atomic E-state index is 0.201. The van der Waals surface area contributed by atoms with E-state index in [1.807, 2.05) is 6.08 Å². The third-order valence-corrected chi connectivity index (χ3v) is 2.86. The standard InChI is InChI=1S/C11H14O2/c1-3-4-8-7(2)10(12)5-11-9(8)6-13-11/h3-4,9-12H,1-2,5-6H2/b8-4+/t9-,10-,11-/m0/s1. The predicted octanol–water partition coefficient (Wildman–Crippen LogP) is 1.43. The molecule has 0 amide bonds. The normalized spacial score (nSPS) is 41.2. The summed E-state index contributed by atoms with van der Waals surface area (Å²) in [5.74, 6) is 0.439. The summed E-state index contributed by atoms with van der Waals surface area (Å²) in [5, 5.41) is 9.64. The second-order valence-corrected chi connectivity index (χ2v) is 3.61. The first kappa shape index (κ1) is 8.73. The largest absolute Gasteiger partial charge is 0.388 e. The number of hydrogen-bond donors (Lipinski definition) is 1. The fraction of sp³-hybridized carbons (Fsp3) is 0.455. The first-order valence-corrected chi connectivity index (χ1v) is 4.55. The smallest absolute Gasteiger partial charge is 0.0812 e. The van der Waals surface area contributed by atoms with Crippen molar-refractivity contribution in [2.24, 2.45) is 5.92 Å². The highest BCUT2D eigenvalue weighted by Gasteiger charge is 2.42. The average molecular weight is 178 g/mol. The molecule has 0 spiro atoms. The Morgan fingerprint density at radius 1 is 1.54 bits per heavy atom. The van der Waals surface area contributed by atoms with Crippen LogP contribution in [0.2, 0.25) is 0 Å². The van der Waals surface area contributed by atoms with E-state index in [2.05, 4.69) is 13.2 Å². The maximum Gasteiger partial charge on any atom is 0.0812 e. The molecule has 0 unspecified atom stereocenters. The van der Waals surface area contributed by atoms with Crippen molar-refractivity contribution in [3.8, 4) is 0 Å². The Bertz CT molecular complexity index is 278. The van der Waals surface area contributed by atoms with Crippen molar-refractivity contribution in [3.63, 3.8) is 0 Å². The second kappa shape index (κ2) is 3.13. The van der Waals surface area contributed by atoms with E-state index >= 15 is 0 Å². The molecule has 1 N–H and O–H groups in total. The van der Waals surface area contributed by atoms with Crippen molar-refractivity contribution in [1.82, 2.24) is 0 Å². The molecular formula is C11H14O2.